The minimum absolute atomic E-state index is 0.487. The van der Waals surface area contributed by atoms with Gasteiger partial charge < -0.3 is 0 Å². The second-order valence-corrected chi connectivity index (χ2v) is 7.56. The highest BCUT2D eigenvalue weighted by Gasteiger charge is 2.48. The summed E-state index contributed by atoms with van der Waals surface area (Å²) in [7, 11) is 2.59. The molecule has 16 heavy (non-hydrogen) atoms. The molecule has 0 nitrogen and oxygen atoms in total. The molecule has 0 aromatic heterocycles. The molecule has 3 unspecified atom stereocenters. The molecule has 2 aliphatic carbocycles. The van der Waals surface area contributed by atoms with Crippen LogP contribution in [0.4, 0.5) is 0 Å². The molecule has 2 fully saturated rings. The summed E-state index contributed by atoms with van der Waals surface area (Å²) in [5.41, 5.74) is 0.487. The summed E-state index contributed by atoms with van der Waals surface area (Å²) in [4.78, 5) is 0. The molecule has 0 radical (unpaired) electrons. The Balaban J connectivity index is 2.24. The van der Waals surface area contributed by atoms with Crippen LogP contribution in [-0.4, -0.2) is 7.85 Å². The second kappa shape index (κ2) is 4.39. The van der Waals surface area contributed by atoms with Gasteiger partial charge in [-0.3, -0.25) is 0 Å². The summed E-state index contributed by atoms with van der Waals surface area (Å²) >= 11 is 0. The standard InChI is InChI=1S/C15H29B/c1-14(2,3)15(16)11-7-9-12-8-5-4-6-10-13(12)15/h12-13H,4-11,16H2,1-3H3. The van der Waals surface area contributed by atoms with Gasteiger partial charge in [-0.25, -0.2) is 0 Å². The van der Waals surface area contributed by atoms with Crippen LogP contribution in [0.2, 0.25) is 5.31 Å². The fourth-order valence-corrected chi connectivity index (χ4v) is 4.42. The molecule has 2 saturated carbocycles. The molecule has 0 aromatic carbocycles. The summed E-state index contributed by atoms with van der Waals surface area (Å²) in [6, 6.07) is 0. The third-order valence-corrected chi connectivity index (χ3v) is 5.96. The molecule has 0 heterocycles. The fraction of sp³-hybridized carbons (Fsp3) is 1.00. The van der Waals surface area contributed by atoms with Gasteiger partial charge in [0.15, 0.2) is 0 Å². The van der Waals surface area contributed by atoms with Crippen molar-refractivity contribution >= 4 is 7.85 Å². The maximum Gasteiger partial charge on any atom is 0.110 e. The molecule has 0 N–H and O–H groups in total. The van der Waals surface area contributed by atoms with Gasteiger partial charge in [0.1, 0.15) is 7.85 Å². The first-order valence-corrected chi connectivity index (χ1v) is 7.45. The van der Waals surface area contributed by atoms with Crippen LogP contribution in [0, 0.1) is 17.3 Å². The van der Waals surface area contributed by atoms with E-state index in [4.69, 9.17) is 0 Å². The van der Waals surface area contributed by atoms with Crippen LogP contribution in [0.15, 0.2) is 0 Å². The molecule has 0 aliphatic heterocycles. The minimum Gasteiger partial charge on any atom is -0.0603 e. The van der Waals surface area contributed by atoms with E-state index < -0.39 is 0 Å². The van der Waals surface area contributed by atoms with E-state index in [-0.39, 0.29) is 0 Å². The second-order valence-electron chi connectivity index (χ2n) is 7.56. The lowest BCUT2D eigenvalue weighted by Gasteiger charge is -2.54. The van der Waals surface area contributed by atoms with E-state index >= 15 is 0 Å². The molecule has 0 amide bonds. The van der Waals surface area contributed by atoms with E-state index in [1.807, 2.05) is 0 Å². The molecule has 2 aliphatic rings. The summed E-state index contributed by atoms with van der Waals surface area (Å²) in [6.07, 6.45) is 12.0. The normalized spacial score (nSPS) is 41.2. The van der Waals surface area contributed by atoms with Gasteiger partial charge in [0.25, 0.3) is 0 Å². The van der Waals surface area contributed by atoms with E-state index in [0.717, 1.165) is 11.8 Å². The average molecular weight is 220 g/mol. The fourth-order valence-electron chi connectivity index (χ4n) is 4.42. The summed E-state index contributed by atoms with van der Waals surface area (Å²) in [5.74, 6) is 2.07. The zero-order valence-electron chi connectivity index (χ0n) is 11.8. The highest BCUT2D eigenvalue weighted by atomic mass is 14.5. The van der Waals surface area contributed by atoms with Crippen molar-refractivity contribution in [2.24, 2.45) is 17.3 Å². The predicted molar refractivity (Wildman–Crippen MR) is 74.6 cm³/mol. The Morgan fingerprint density at radius 3 is 2.25 bits per heavy atom. The van der Waals surface area contributed by atoms with Gasteiger partial charge in [0.2, 0.25) is 0 Å². The van der Waals surface area contributed by atoms with Crippen molar-refractivity contribution < 1.29 is 0 Å². The van der Waals surface area contributed by atoms with Gasteiger partial charge in [0, 0.05) is 0 Å². The van der Waals surface area contributed by atoms with Crippen molar-refractivity contribution in [1.29, 1.82) is 0 Å². The summed E-state index contributed by atoms with van der Waals surface area (Å²) < 4.78 is 0. The topological polar surface area (TPSA) is 0 Å². The smallest absolute Gasteiger partial charge is 0.0603 e. The minimum atomic E-state index is 0.487. The van der Waals surface area contributed by atoms with E-state index in [2.05, 4.69) is 28.6 Å². The Kier molecular flexibility index (Phi) is 3.43. The van der Waals surface area contributed by atoms with Gasteiger partial charge in [0.05, 0.1) is 0 Å². The van der Waals surface area contributed by atoms with Crippen LogP contribution in [-0.2, 0) is 0 Å². The van der Waals surface area contributed by atoms with Crippen molar-refractivity contribution in [3.8, 4) is 0 Å². The number of rotatable bonds is 0. The quantitative estimate of drug-likeness (QED) is 0.536. The number of fused-ring (bicyclic) bond motifs is 1. The number of hydrogen-bond acceptors (Lipinski definition) is 0. The first-order chi connectivity index (χ1) is 7.45. The maximum absolute atomic E-state index is 2.59. The van der Waals surface area contributed by atoms with Crippen molar-refractivity contribution in [2.75, 3.05) is 0 Å². The molecule has 92 valence electrons. The molecule has 0 saturated heterocycles. The first kappa shape index (κ1) is 12.5. The Hall–Kier alpha value is 0.0649. The predicted octanol–water partition coefficient (Wildman–Crippen LogP) is 4.20. The van der Waals surface area contributed by atoms with Crippen LogP contribution in [0.1, 0.15) is 72.1 Å². The lowest BCUT2D eigenvalue weighted by atomic mass is 9.42. The lowest BCUT2D eigenvalue weighted by Crippen LogP contribution is -2.42. The molecule has 1 heteroatoms. The third-order valence-electron chi connectivity index (χ3n) is 5.96. The molecule has 0 bridgehead atoms. The zero-order valence-corrected chi connectivity index (χ0v) is 11.8. The largest absolute Gasteiger partial charge is 0.110 e. The Bertz CT molecular complexity index is 240. The summed E-state index contributed by atoms with van der Waals surface area (Å²) in [6.45, 7) is 7.42. The Morgan fingerprint density at radius 2 is 1.56 bits per heavy atom. The molecule has 2 rings (SSSR count). The number of hydrogen-bond donors (Lipinski definition) is 0. The van der Waals surface area contributed by atoms with Gasteiger partial charge in [-0.05, 0) is 17.3 Å². The van der Waals surface area contributed by atoms with Crippen molar-refractivity contribution in [2.45, 2.75) is 77.5 Å². The Labute approximate surface area is 103 Å². The lowest BCUT2D eigenvalue weighted by molar-refractivity contribution is 0.0732. The monoisotopic (exact) mass is 220 g/mol. The zero-order chi connectivity index (χ0) is 11.8. The van der Waals surface area contributed by atoms with Crippen LogP contribution in [0.3, 0.4) is 0 Å². The molecule has 3 atom stereocenters. The average Bonchev–Trinajstić information content (AvgIpc) is 2.42. The van der Waals surface area contributed by atoms with Gasteiger partial charge in [-0.2, -0.15) is 0 Å². The third kappa shape index (κ3) is 2.07. The van der Waals surface area contributed by atoms with E-state index in [1.54, 1.807) is 0 Å². The molecular weight excluding hydrogens is 191 g/mol. The first-order valence-electron chi connectivity index (χ1n) is 7.45. The van der Waals surface area contributed by atoms with Gasteiger partial charge in [-0.15, -0.1) is 0 Å². The Morgan fingerprint density at radius 1 is 0.938 bits per heavy atom. The maximum atomic E-state index is 2.59. The highest BCUT2D eigenvalue weighted by Crippen LogP contribution is 2.61. The molecular formula is C15H29B. The summed E-state index contributed by atoms with van der Waals surface area (Å²) in [5, 5.41) is 0.597. The molecule has 0 spiro atoms. The molecule has 0 aromatic rings. The van der Waals surface area contributed by atoms with Crippen LogP contribution < -0.4 is 0 Å². The van der Waals surface area contributed by atoms with Crippen molar-refractivity contribution in [1.82, 2.24) is 0 Å². The van der Waals surface area contributed by atoms with Crippen LogP contribution in [0.5, 0.6) is 0 Å². The van der Waals surface area contributed by atoms with E-state index in [1.165, 1.54) is 51.4 Å². The van der Waals surface area contributed by atoms with Gasteiger partial charge in [-0.1, -0.05) is 77.5 Å². The highest BCUT2D eigenvalue weighted by molar-refractivity contribution is 6.16. The SMILES string of the molecule is BC1(C(C)(C)C)CCCC2CCCCCC21. The van der Waals surface area contributed by atoms with E-state index in [9.17, 15) is 0 Å². The van der Waals surface area contributed by atoms with Crippen LogP contribution >= 0.6 is 0 Å². The van der Waals surface area contributed by atoms with Crippen molar-refractivity contribution in [3.63, 3.8) is 0 Å². The van der Waals surface area contributed by atoms with E-state index in [0.29, 0.717) is 10.7 Å². The van der Waals surface area contributed by atoms with Crippen molar-refractivity contribution in [3.05, 3.63) is 0 Å². The van der Waals surface area contributed by atoms with Gasteiger partial charge >= 0.3 is 0 Å². The van der Waals surface area contributed by atoms with Crippen LogP contribution in [0.25, 0.3) is 0 Å².